The van der Waals surface area contributed by atoms with Crippen LogP contribution in [0.25, 0.3) is 0 Å². The molecular formula is C13H16N4S. The first-order chi connectivity index (χ1) is 8.54. The predicted octanol–water partition coefficient (Wildman–Crippen LogP) is 2.57. The van der Waals surface area contributed by atoms with Gasteiger partial charge in [-0.25, -0.2) is 4.98 Å². The van der Waals surface area contributed by atoms with E-state index in [9.17, 15) is 0 Å². The van der Waals surface area contributed by atoms with Crippen molar-refractivity contribution in [3.05, 3.63) is 32.9 Å². The maximum atomic E-state index is 9.07. The van der Waals surface area contributed by atoms with E-state index in [2.05, 4.69) is 11.1 Å². The number of nitrogens with zero attached hydrogens (tertiary/aromatic N) is 3. The topological polar surface area (TPSA) is 67.6 Å². The minimum absolute atomic E-state index is 0.570. The van der Waals surface area contributed by atoms with Crippen LogP contribution in [0.4, 0.5) is 5.82 Å². The lowest BCUT2D eigenvalue weighted by Gasteiger charge is -2.07. The van der Waals surface area contributed by atoms with Crippen molar-refractivity contribution in [2.45, 2.75) is 33.7 Å². The van der Waals surface area contributed by atoms with E-state index in [0.29, 0.717) is 11.4 Å². The molecular weight excluding hydrogens is 244 g/mol. The van der Waals surface area contributed by atoms with Crippen LogP contribution in [0.5, 0.6) is 0 Å². The molecule has 0 saturated carbocycles. The highest BCUT2D eigenvalue weighted by atomic mass is 32.1. The fourth-order valence-corrected chi connectivity index (χ4v) is 2.81. The van der Waals surface area contributed by atoms with Crippen molar-refractivity contribution >= 4 is 17.2 Å². The Morgan fingerprint density at radius 3 is 2.67 bits per heavy atom. The smallest absolute Gasteiger partial charge is 0.122 e. The molecule has 5 heteroatoms. The number of aromatic nitrogens is 2. The van der Waals surface area contributed by atoms with Crippen LogP contribution in [0.15, 0.2) is 5.38 Å². The Balaban J connectivity index is 2.23. The molecule has 0 atom stereocenters. The number of nitrogen functional groups attached to an aromatic ring is 1. The van der Waals surface area contributed by atoms with E-state index in [1.165, 1.54) is 0 Å². The number of hydrogen-bond acceptors (Lipinski definition) is 4. The van der Waals surface area contributed by atoms with Gasteiger partial charge in [0.2, 0.25) is 0 Å². The lowest BCUT2D eigenvalue weighted by molar-refractivity contribution is 0.685. The van der Waals surface area contributed by atoms with Crippen molar-refractivity contribution in [3.63, 3.8) is 0 Å². The molecule has 2 aromatic heterocycles. The summed E-state index contributed by atoms with van der Waals surface area (Å²) < 4.78 is 2.00. The molecule has 0 aromatic carbocycles. The van der Waals surface area contributed by atoms with Crippen LogP contribution >= 0.6 is 11.3 Å². The second-order valence-corrected chi connectivity index (χ2v) is 5.31. The van der Waals surface area contributed by atoms with Crippen molar-refractivity contribution in [1.29, 1.82) is 5.26 Å². The van der Waals surface area contributed by atoms with Crippen LogP contribution in [0.3, 0.4) is 0 Å². The van der Waals surface area contributed by atoms with Gasteiger partial charge in [0.25, 0.3) is 0 Å². The van der Waals surface area contributed by atoms with Gasteiger partial charge in [0.1, 0.15) is 11.9 Å². The second-order valence-electron chi connectivity index (χ2n) is 4.37. The summed E-state index contributed by atoms with van der Waals surface area (Å²) in [5.74, 6) is 0.570. The van der Waals surface area contributed by atoms with Gasteiger partial charge in [0.15, 0.2) is 0 Å². The highest BCUT2D eigenvalue weighted by molar-refractivity contribution is 7.09. The van der Waals surface area contributed by atoms with Crippen LogP contribution in [0.1, 0.15) is 27.5 Å². The molecule has 94 valence electrons. The molecule has 0 fully saturated rings. The quantitative estimate of drug-likeness (QED) is 0.922. The van der Waals surface area contributed by atoms with Gasteiger partial charge in [-0.1, -0.05) is 0 Å². The van der Waals surface area contributed by atoms with Gasteiger partial charge in [-0.3, -0.25) is 0 Å². The number of rotatable bonds is 3. The van der Waals surface area contributed by atoms with Gasteiger partial charge in [-0.15, -0.1) is 11.3 Å². The van der Waals surface area contributed by atoms with Crippen molar-refractivity contribution in [1.82, 2.24) is 9.55 Å². The number of hydrogen-bond donors (Lipinski definition) is 1. The molecule has 0 radical (unpaired) electrons. The van der Waals surface area contributed by atoms with Crippen molar-refractivity contribution in [2.24, 2.45) is 0 Å². The van der Waals surface area contributed by atoms with Gasteiger partial charge in [0.05, 0.1) is 10.6 Å². The first-order valence-electron chi connectivity index (χ1n) is 5.80. The van der Waals surface area contributed by atoms with E-state index < -0.39 is 0 Å². The fourth-order valence-electron chi connectivity index (χ4n) is 2.05. The zero-order chi connectivity index (χ0) is 13.3. The fraction of sp³-hybridized carbons (Fsp3) is 0.385. The van der Waals surface area contributed by atoms with Crippen LogP contribution in [0.2, 0.25) is 0 Å². The number of aryl methyl sites for hydroxylation is 2. The molecule has 0 aliphatic carbocycles. The molecule has 0 saturated heterocycles. The van der Waals surface area contributed by atoms with E-state index >= 15 is 0 Å². The van der Waals surface area contributed by atoms with E-state index in [-0.39, 0.29) is 0 Å². The number of nitriles is 1. The predicted molar refractivity (Wildman–Crippen MR) is 73.6 cm³/mol. The molecule has 18 heavy (non-hydrogen) atoms. The highest BCUT2D eigenvalue weighted by Crippen LogP contribution is 2.24. The summed E-state index contributed by atoms with van der Waals surface area (Å²) in [5, 5.41) is 12.2. The SMILES string of the molecule is Cc1csc(CCn2c(C)c(C)c(C#N)c2N)n1. The average molecular weight is 260 g/mol. The first kappa shape index (κ1) is 12.7. The van der Waals surface area contributed by atoms with E-state index in [1.54, 1.807) is 11.3 Å². The van der Waals surface area contributed by atoms with Crippen LogP contribution in [0, 0.1) is 32.1 Å². The third kappa shape index (κ3) is 2.12. The van der Waals surface area contributed by atoms with Crippen LogP contribution < -0.4 is 5.73 Å². The Morgan fingerprint density at radius 1 is 1.44 bits per heavy atom. The Morgan fingerprint density at radius 2 is 2.17 bits per heavy atom. The molecule has 2 heterocycles. The van der Waals surface area contributed by atoms with Crippen molar-refractivity contribution in [2.75, 3.05) is 5.73 Å². The largest absolute Gasteiger partial charge is 0.384 e. The molecule has 2 N–H and O–H groups in total. The lowest BCUT2D eigenvalue weighted by Crippen LogP contribution is -2.07. The van der Waals surface area contributed by atoms with Gasteiger partial charge in [0, 0.05) is 29.7 Å². The summed E-state index contributed by atoms with van der Waals surface area (Å²) in [6.45, 7) is 6.70. The average Bonchev–Trinajstić information content (AvgIpc) is 2.83. The summed E-state index contributed by atoms with van der Waals surface area (Å²) in [6.07, 6.45) is 0.850. The number of nitrogens with two attached hydrogens (primary N) is 1. The van der Waals surface area contributed by atoms with E-state index in [4.69, 9.17) is 11.0 Å². The molecule has 2 aromatic rings. The molecule has 0 spiro atoms. The molecule has 2 rings (SSSR count). The van der Waals surface area contributed by atoms with Crippen LogP contribution in [-0.2, 0) is 13.0 Å². The standard InChI is InChI=1S/C13H16N4S/c1-8-7-18-12(16-8)4-5-17-10(3)9(2)11(6-14)13(17)15/h7H,4-5,15H2,1-3H3. The zero-order valence-electron chi connectivity index (χ0n) is 10.8. The molecule has 0 unspecified atom stereocenters. The Kier molecular flexibility index (Phi) is 3.39. The second kappa shape index (κ2) is 4.83. The van der Waals surface area contributed by atoms with Gasteiger partial charge >= 0.3 is 0 Å². The molecule has 0 bridgehead atoms. The Bertz CT molecular complexity index is 616. The monoisotopic (exact) mass is 260 g/mol. The normalized spacial score (nSPS) is 10.6. The van der Waals surface area contributed by atoms with Crippen LogP contribution in [-0.4, -0.2) is 9.55 Å². The maximum absolute atomic E-state index is 9.07. The van der Waals surface area contributed by atoms with Gasteiger partial charge < -0.3 is 10.3 Å². The number of thiazole rings is 1. The van der Waals surface area contributed by atoms with Crippen molar-refractivity contribution in [3.8, 4) is 6.07 Å². The molecule has 0 aliphatic rings. The molecule has 0 amide bonds. The zero-order valence-corrected chi connectivity index (χ0v) is 11.6. The molecule has 4 nitrogen and oxygen atoms in total. The third-order valence-corrected chi connectivity index (χ3v) is 4.22. The minimum atomic E-state index is 0.570. The number of anilines is 1. The third-order valence-electron chi connectivity index (χ3n) is 3.20. The lowest BCUT2D eigenvalue weighted by atomic mass is 10.2. The summed E-state index contributed by atoms with van der Waals surface area (Å²) in [5.41, 5.74) is 9.71. The summed E-state index contributed by atoms with van der Waals surface area (Å²) in [4.78, 5) is 4.43. The Hall–Kier alpha value is -1.80. The van der Waals surface area contributed by atoms with E-state index in [0.717, 1.165) is 34.9 Å². The summed E-state index contributed by atoms with van der Waals surface area (Å²) in [7, 11) is 0. The maximum Gasteiger partial charge on any atom is 0.122 e. The summed E-state index contributed by atoms with van der Waals surface area (Å²) in [6, 6.07) is 2.17. The summed E-state index contributed by atoms with van der Waals surface area (Å²) >= 11 is 1.67. The van der Waals surface area contributed by atoms with Gasteiger partial charge in [-0.05, 0) is 26.3 Å². The van der Waals surface area contributed by atoms with E-state index in [1.807, 2.05) is 30.7 Å². The van der Waals surface area contributed by atoms with Crippen molar-refractivity contribution < 1.29 is 0 Å². The molecule has 0 aliphatic heterocycles. The first-order valence-corrected chi connectivity index (χ1v) is 6.68. The minimum Gasteiger partial charge on any atom is -0.384 e. The Labute approximate surface area is 111 Å². The van der Waals surface area contributed by atoms with Gasteiger partial charge in [-0.2, -0.15) is 5.26 Å². The highest BCUT2D eigenvalue weighted by Gasteiger charge is 2.14.